The van der Waals surface area contributed by atoms with Crippen molar-refractivity contribution in [3.05, 3.63) is 11.1 Å². The van der Waals surface area contributed by atoms with E-state index in [2.05, 4.69) is 16.2 Å². The Balaban J connectivity index is 2.60. The molecule has 74 valence electrons. The molecule has 0 bridgehead atoms. The van der Waals surface area contributed by atoms with Crippen LogP contribution in [0.5, 0.6) is 0 Å². The van der Waals surface area contributed by atoms with E-state index in [-0.39, 0.29) is 10.9 Å². The number of aromatic carboxylic acids is 1. The van der Waals surface area contributed by atoms with Crippen LogP contribution in [0.2, 0.25) is 0 Å². The Kier molecular flexibility index (Phi) is 3.48. The second kappa shape index (κ2) is 4.63. The van der Waals surface area contributed by atoms with Gasteiger partial charge in [0.1, 0.15) is 4.88 Å². The van der Waals surface area contributed by atoms with Gasteiger partial charge in [-0.05, 0) is 6.92 Å². The summed E-state index contributed by atoms with van der Waals surface area (Å²) in [7, 11) is 0. The van der Waals surface area contributed by atoms with Crippen molar-refractivity contribution in [2.24, 2.45) is 0 Å². The Morgan fingerprint density at radius 3 is 3.14 bits per heavy atom. The first kappa shape index (κ1) is 10.5. The highest BCUT2D eigenvalue weighted by molar-refractivity contribution is 7.17. The van der Waals surface area contributed by atoms with Gasteiger partial charge < -0.3 is 10.4 Å². The number of anilines is 1. The Morgan fingerprint density at radius 2 is 2.64 bits per heavy atom. The van der Waals surface area contributed by atoms with Gasteiger partial charge in [-0.2, -0.15) is 0 Å². The zero-order valence-corrected chi connectivity index (χ0v) is 8.47. The average Bonchev–Trinajstić information content (AvgIpc) is 2.53. The van der Waals surface area contributed by atoms with E-state index in [0.29, 0.717) is 11.6 Å². The Labute approximate surface area is 86.0 Å². The van der Waals surface area contributed by atoms with Gasteiger partial charge in [0.25, 0.3) is 0 Å². The molecule has 0 aliphatic rings. The number of aromatic nitrogens is 1. The summed E-state index contributed by atoms with van der Waals surface area (Å²) in [6.45, 7) is 1.92. The monoisotopic (exact) mass is 210 g/mol. The maximum atomic E-state index is 10.5. The second-order valence-electron chi connectivity index (χ2n) is 2.79. The summed E-state index contributed by atoms with van der Waals surface area (Å²) in [6.07, 6.45) is 7.05. The summed E-state index contributed by atoms with van der Waals surface area (Å²) in [5, 5.41) is 12.3. The zero-order valence-electron chi connectivity index (χ0n) is 7.65. The van der Waals surface area contributed by atoms with E-state index in [1.54, 1.807) is 0 Å². The molecule has 0 aliphatic carbocycles. The first-order valence-corrected chi connectivity index (χ1v) is 4.84. The molecule has 4 nitrogen and oxygen atoms in total. The molecule has 0 fully saturated rings. The molecule has 1 aromatic rings. The number of carbonyl (C=O) groups is 1. The minimum absolute atomic E-state index is 0.104. The lowest BCUT2D eigenvalue weighted by Crippen LogP contribution is -2.13. The number of carboxylic acid groups (broad SMARTS) is 1. The number of thiazole rings is 1. The van der Waals surface area contributed by atoms with Gasteiger partial charge in [-0.1, -0.05) is 11.3 Å². The van der Waals surface area contributed by atoms with Crippen molar-refractivity contribution in [3.8, 4) is 12.3 Å². The summed E-state index contributed by atoms with van der Waals surface area (Å²) in [6, 6.07) is 0.104. The van der Waals surface area contributed by atoms with Gasteiger partial charge >= 0.3 is 5.97 Å². The number of hydrogen-bond donors (Lipinski definition) is 2. The van der Waals surface area contributed by atoms with E-state index in [0.717, 1.165) is 11.3 Å². The largest absolute Gasteiger partial charge is 0.477 e. The van der Waals surface area contributed by atoms with Gasteiger partial charge in [0.15, 0.2) is 5.13 Å². The summed E-state index contributed by atoms with van der Waals surface area (Å²) in [4.78, 5) is 14.7. The standard InChI is InChI=1S/C9H10N2O2S/c1-3-4-6(2)11-9-10-5-7(14-9)8(12)13/h1,5-6H,4H2,2H3,(H,10,11)(H,12,13). The van der Waals surface area contributed by atoms with Crippen molar-refractivity contribution in [1.82, 2.24) is 4.98 Å². The van der Waals surface area contributed by atoms with Crippen LogP contribution < -0.4 is 5.32 Å². The lowest BCUT2D eigenvalue weighted by atomic mass is 10.2. The van der Waals surface area contributed by atoms with Crippen LogP contribution in [0.3, 0.4) is 0 Å². The molecule has 5 heteroatoms. The molecular weight excluding hydrogens is 200 g/mol. The molecule has 1 atom stereocenters. The van der Waals surface area contributed by atoms with Gasteiger partial charge in [0, 0.05) is 12.5 Å². The van der Waals surface area contributed by atoms with E-state index in [9.17, 15) is 4.79 Å². The van der Waals surface area contributed by atoms with E-state index in [4.69, 9.17) is 11.5 Å². The molecule has 0 amide bonds. The maximum absolute atomic E-state index is 10.5. The molecule has 0 saturated heterocycles. The van der Waals surface area contributed by atoms with Crippen molar-refractivity contribution < 1.29 is 9.90 Å². The Morgan fingerprint density at radius 1 is 1.93 bits per heavy atom. The smallest absolute Gasteiger partial charge is 0.347 e. The number of carboxylic acids is 1. The third kappa shape index (κ3) is 2.75. The van der Waals surface area contributed by atoms with Crippen molar-refractivity contribution >= 4 is 22.4 Å². The fourth-order valence-electron chi connectivity index (χ4n) is 0.878. The number of terminal acetylenes is 1. The fourth-order valence-corrected chi connectivity index (χ4v) is 1.64. The molecule has 0 radical (unpaired) electrons. The SMILES string of the molecule is C#CCC(C)Nc1ncc(C(=O)O)s1. The predicted octanol–water partition coefficient (Wildman–Crippen LogP) is 1.66. The molecule has 1 unspecified atom stereocenters. The molecule has 2 N–H and O–H groups in total. The highest BCUT2D eigenvalue weighted by Crippen LogP contribution is 2.18. The molecular formula is C9H10N2O2S. The van der Waals surface area contributed by atoms with Crippen molar-refractivity contribution in [2.45, 2.75) is 19.4 Å². The highest BCUT2D eigenvalue weighted by Gasteiger charge is 2.09. The molecule has 0 saturated carbocycles. The van der Waals surface area contributed by atoms with E-state index >= 15 is 0 Å². The lowest BCUT2D eigenvalue weighted by Gasteiger charge is -2.07. The van der Waals surface area contributed by atoms with E-state index in [1.807, 2.05) is 6.92 Å². The third-order valence-electron chi connectivity index (χ3n) is 1.51. The van der Waals surface area contributed by atoms with Gasteiger partial charge in [0.05, 0.1) is 6.20 Å². The van der Waals surface area contributed by atoms with Crippen LogP contribution in [0.15, 0.2) is 6.20 Å². The van der Waals surface area contributed by atoms with Crippen molar-refractivity contribution in [3.63, 3.8) is 0 Å². The Hall–Kier alpha value is -1.54. The van der Waals surface area contributed by atoms with Crippen LogP contribution in [0.25, 0.3) is 0 Å². The van der Waals surface area contributed by atoms with Gasteiger partial charge in [0.2, 0.25) is 0 Å². The maximum Gasteiger partial charge on any atom is 0.347 e. The molecule has 1 aromatic heterocycles. The average molecular weight is 210 g/mol. The molecule has 1 heterocycles. The summed E-state index contributed by atoms with van der Waals surface area (Å²) in [5.41, 5.74) is 0. The molecule has 1 rings (SSSR count). The van der Waals surface area contributed by atoms with Crippen molar-refractivity contribution in [1.29, 1.82) is 0 Å². The van der Waals surface area contributed by atoms with Gasteiger partial charge in [-0.25, -0.2) is 9.78 Å². The molecule has 0 aliphatic heterocycles. The Bertz CT molecular complexity index is 367. The first-order valence-electron chi connectivity index (χ1n) is 4.02. The molecule has 14 heavy (non-hydrogen) atoms. The van der Waals surface area contributed by atoms with Crippen LogP contribution in [-0.2, 0) is 0 Å². The normalized spacial score (nSPS) is 11.7. The fraction of sp³-hybridized carbons (Fsp3) is 0.333. The summed E-state index contributed by atoms with van der Waals surface area (Å²) >= 11 is 1.10. The molecule has 0 aromatic carbocycles. The lowest BCUT2D eigenvalue weighted by molar-refractivity contribution is 0.0702. The van der Waals surface area contributed by atoms with Gasteiger partial charge in [-0.15, -0.1) is 12.3 Å². The number of hydrogen-bond acceptors (Lipinski definition) is 4. The second-order valence-corrected chi connectivity index (χ2v) is 3.82. The number of nitrogens with one attached hydrogen (secondary N) is 1. The number of rotatable bonds is 4. The van der Waals surface area contributed by atoms with E-state index < -0.39 is 5.97 Å². The van der Waals surface area contributed by atoms with Crippen LogP contribution >= 0.6 is 11.3 Å². The topological polar surface area (TPSA) is 62.2 Å². The van der Waals surface area contributed by atoms with Crippen LogP contribution in [0.1, 0.15) is 23.0 Å². The van der Waals surface area contributed by atoms with Gasteiger partial charge in [-0.3, -0.25) is 0 Å². The molecule has 0 spiro atoms. The summed E-state index contributed by atoms with van der Waals surface area (Å²) in [5.74, 6) is 1.56. The number of nitrogens with zero attached hydrogens (tertiary/aromatic N) is 1. The highest BCUT2D eigenvalue weighted by atomic mass is 32.1. The van der Waals surface area contributed by atoms with Crippen LogP contribution in [-0.4, -0.2) is 22.1 Å². The minimum Gasteiger partial charge on any atom is -0.477 e. The van der Waals surface area contributed by atoms with Crippen molar-refractivity contribution in [2.75, 3.05) is 5.32 Å². The summed E-state index contributed by atoms with van der Waals surface area (Å²) < 4.78 is 0. The van der Waals surface area contributed by atoms with Crippen LogP contribution in [0.4, 0.5) is 5.13 Å². The predicted molar refractivity (Wildman–Crippen MR) is 55.6 cm³/mol. The zero-order chi connectivity index (χ0) is 10.6. The van der Waals surface area contributed by atoms with Crippen LogP contribution in [0, 0.1) is 12.3 Å². The third-order valence-corrected chi connectivity index (χ3v) is 2.43. The quantitative estimate of drug-likeness (QED) is 0.742. The minimum atomic E-state index is -0.958. The van der Waals surface area contributed by atoms with E-state index in [1.165, 1.54) is 6.20 Å². The first-order chi connectivity index (χ1) is 6.63.